The lowest BCUT2D eigenvalue weighted by Gasteiger charge is -2.05. The van der Waals surface area contributed by atoms with Crippen molar-refractivity contribution in [2.75, 3.05) is 7.11 Å². The first kappa shape index (κ1) is 7.65. The molecule has 3 atom stereocenters. The maximum absolute atomic E-state index is 10.1. The Balaban J connectivity index is 2.43. The zero-order valence-electron chi connectivity index (χ0n) is 5.69. The Labute approximate surface area is 58.7 Å². The number of methoxy groups -OCH3 is 1. The molecule has 0 spiro atoms. The van der Waals surface area contributed by atoms with Crippen LogP contribution in [0.2, 0.25) is 0 Å². The second-order valence-electron chi connectivity index (χ2n) is 2.21. The Morgan fingerprint density at radius 3 is 2.80 bits per heavy atom. The highest BCUT2D eigenvalue weighted by Gasteiger charge is 2.33. The summed E-state index contributed by atoms with van der Waals surface area (Å²) in [6, 6.07) is 0. The fourth-order valence-electron chi connectivity index (χ4n) is 0.927. The average molecular weight is 146 g/mol. The third-order valence-corrected chi connectivity index (χ3v) is 1.52. The van der Waals surface area contributed by atoms with E-state index in [9.17, 15) is 4.79 Å². The summed E-state index contributed by atoms with van der Waals surface area (Å²) < 4.78 is 9.70. The number of rotatable bonds is 2. The van der Waals surface area contributed by atoms with Gasteiger partial charge in [0.1, 0.15) is 6.10 Å². The zero-order valence-corrected chi connectivity index (χ0v) is 5.69. The van der Waals surface area contributed by atoms with Crippen molar-refractivity contribution in [3.05, 3.63) is 0 Å². The van der Waals surface area contributed by atoms with Gasteiger partial charge in [-0.3, -0.25) is 0 Å². The van der Waals surface area contributed by atoms with E-state index in [1.54, 1.807) is 0 Å². The molecule has 1 aliphatic heterocycles. The van der Waals surface area contributed by atoms with Gasteiger partial charge in [-0.05, 0) is 0 Å². The second-order valence-corrected chi connectivity index (χ2v) is 2.21. The molecule has 1 saturated heterocycles. The van der Waals surface area contributed by atoms with E-state index in [-0.39, 0.29) is 0 Å². The molecule has 1 fully saturated rings. The van der Waals surface area contributed by atoms with E-state index in [4.69, 9.17) is 14.6 Å². The lowest BCUT2D eigenvalue weighted by Crippen LogP contribution is -2.21. The molecule has 58 valence electrons. The van der Waals surface area contributed by atoms with Crippen molar-refractivity contribution in [2.45, 2.75) is 24.9 Å². The van der Waals surface area contributed by atoms with Crippen LogP contribution in [0.5, 0.6) is 0 Å². The molecule has 0 unspecified atom stereocenters. The lowest BCUT2D eigenvalue weighted by atomic mass is 10.2. The van der Waals surface area contributed by atoms with Gasteiger partial charge in [0.05, 0.1) is 6.10 Å². The first-order valence-corrected chi connectivity index (χ1v) is 3.09. The highest BCUT2D eigenvalue weighted by Crippen LogP contribution is 2.18. The van der Waals surface area contributed by atoms with Crippen LogP contribution in [0.25, 0.3) is 0 Å². The fraction of sp³-hybridized carbons (Fsp3) is 0.833. The van der Waals surface area contributed by atoms with Crippen LogP contribution < -0.4 is 0 Å². The molecular weight excluding hydrogens is 136 g/mol. The van der Waals surface area contributed by atoms with Gasteiger partial charge in [-0.15, -0.1) is 0 Å². The number of ether oxygens (including phenoxy) is 2. The number of aliphatic hydroxyl groups is 1. The Morgan fingerprint density at radius 1 is 1.80 bits per heavy atom. The predicted octanol–water partition coefficient (Wildman–Crippen LogP) is -0.692. The number of aldehydes is 1. The van der Waals surface area contributed by atoms with Crippen molar-refractivity contribution >= 4 is 6.29 Å². The van der Waals surface area contributed by atoms with Gasteiger partial charge < -0.3 is 19.4 Å². The highest BCUT2D eigenvalue weighted by atomic mass is 16.7. The summed E-state index contributed by atoms with van der Waals surface area (Å²) in [5, 5.41) is 9.05. The summed E-state index contributed by atoms with van der Waals surface area (Å²) in [4.78, 5) is 10.1. The molecular formula is C6H10O4. The van der Waals surface area contributed by atoms with Crippen LogP contribution in [-0.4, -0.2) is 37.0 Å². The largest absolute Gasteiger partial charge is 0.390 e. The third kappa shape index (κ3) is 1.34. The normalized spacial score (nSPS) is 40.0. The van der Waals surface area contributed by atoms with Crippen LogP contribution in [0.4, 0.5) is 0 Å². The number of carbonyl (C=O) groups is 1. The molecule has 0 bridgehead atoms. The molecule has 4 nitrogen and oxygen atoms in total. The van der Waals surface area contributed by atoms with E-state index in [2.05, 4.69) is 0 Å². The molecule has 0 aromatic heterocycles. The topological polar surface area (TPSA) is 55.8 Å². The van der Waals surface area contributed by atoms with Crippen LogP contribution in [0.15, 0.2) is 0 Å². The monoisotopic (exact) mass is 146 g/mol. The second kappa shape index (κ2) is 3.09. The van der Waals surface area contributed by atoms with Gasteiger partial charge >= 0.3 is 0 Å². The summed E-state index contributed by atoms with van der Waals surface area (Å²) in [5.41, 5.74) is 0. The Morgan fingerprint density at radius 2 is 2.50 bits per heavy atom. The summed E-state index contributed by atoms with van der Waals surface area (Å²) in [5.74, 6) is 0. The van der Waals surface area contributed by atoms with Crippen LogP contribution in [0.1, 0.15) is 6.42 Å². The minimum atomic E-state index is -0.706. The number of aliphatic hydroxyl groups excluding tert-OH is 1. The standard InChI is InChI=1S/C6H10O4/c1-9-6-2-4(8)5(3-7)10-6/h3-6,8H,2H2,1H3/t4-,5-,6-/m1/s1. The molecule has 1 aliphatic rings. The average Bonchev–Trinajstić information content (AvgIpc) is 2.30. The van der Waals surface area contributed by atoms with E-state index >= 15 is 0 Å². The number of hydrogen-bond acceptors (Lipinski definition) is 4. The zero-order chi connectivity index (χ0) is 7.56. The summed E-state index contributed by atoms with van der Waals surface area (Å²) >= 11 is 0. The first-order chi connectivity index (χ1) is 4.77. The minimum absolute atomic E-state index is 0.375. The van der Waals surface area contributed by atoms with Gasteiger partial charge in [0, 0.05) is 13.5 Å². The van der Waals surface area contributed by atoms with Crippen molar-refractivity contribution < 1.29 is 19.4 Å². The molecule has 10 heavy (non-hydrogen) atoms. The summed E-state index contributed by atoms with van der Waals surface area (Å²) in [6.45, 7) is 0. The van der Waals surface area contributed by atoms with E-state index in [1.807, 2.05) is 0 Å². The Kier molecular flexibility index (Phi) is 2.37. The van der Waals surface area contributed by atoms with Gasteiger partial charge in [0.15, 0.2) is 12.6 Å². The fourth-order valence-corrected chi connectivity index (χ4v) is 0.927. The Bertz CT molecular complexity index is 125. The van der Waals surface area contributed by atoms with E-state index < -0.39 is 18.5 Å². The van der Waals surface area contributed by atoms with E-state index in [0.29, 0.717) is 12.7 Å². The van der Waals surface area contributed by atoms with Crippen LogP contribution in [0, 0.1) is 0 Å². The SMILES string of the molecule is CO[C@H]1C[C@@H](O)[C@@H](C=O)O1. The number of hydrogen-bond donors (Lipinski definition) is 1. The number of carbonyl (C=O) groups excluding carboxylic acids is 1. The molecule has 4 heteroatoms. The molecule has 0 aromatic rings. The van der Waals surface area contributed by atoms with Crippen molar-refractivity contribution in [1.82, 2.24) is 0 Å². The van der Waals surface area contributed by atoms with Crippen LogP contribution in [-0.2, 0) is 14.3 Å². The van der Waals surface area contributed by atoms with Crippen LogP contribution >= 0.6 is 0 Å². The van der Waals surface area contributed by atoms with Crippen molar-refractivity contribution in [2.24, 2.45) is 0 Å². The summed E-state index contributed by atoms with van der Waals surface area (Å²) in [7, 11) is 1.48. The molecule has 1 N–H and O–H groups in total. The molecule has 0 aliphatic carbocycles. The van der Waals surface area contributed by atoms with Gasteiger partial charge in [-0.2, -0.15) is 0 Å². The van der Waals surface area contributed by atoms with Gasteiger partial charge in [0.2, 0.25) is 0 Å². The molecule has 1 rings (SSSR count). The quantitative estimate of drug-likeness (QED) is 0.524. The van der Waals surface area contributed by atoms with E-state index in [0.717, 1.165) is 0 Å². The maximum Gasteiger partial charge on any atom is 0.160 e. The molecule has 0 amide bonds. The minimum Gasteiger partial charge on any atom is -0.390 e. The molecule has 0 saturated carbocycles. The van der Waals surface area contributed by atoms with Crippen molar-refractivity contribution in [3.8, 4) is 0 Å². The smallest absolute Gasteiger partial charge is 0.160 e. The Hall–Kier alpha value is -0.450. The highest BCUT2D eigenvalue weighted by molar-refractivity contribution is 5.57. The van der Waals surface area contributed by atoms with Crippen molar-refractivity contribution in [1.29, 1.82) is 0 Å². The molecule has 1 heterocycles. The van der Waals surface area contributed by atoms with Gasteiger partial charge in [-0.25, -0.2) is 0 Å². The predicted molar refractivity (Wildman–Crippen MR) is 32.4 cm³/mol. The first-order valence-electron chi connectivity index (χ1n) is 3.09. The van der Waals surface area contributed by atoms with Crippen molar-refractivity contribution in [3.63, 3.8) is 0 Å². The summed E-state index contributed by atoms with van der Waals surface area (Å²) in [6.07, 6.45) is -0.874. The molecule has 0 radical (unpaired) electrons. The van der Waals surface area contributed by atoms with Gasteiger partial charge in [0.25, 0.3) is 0 Å². The van der Waals surface area contributed by atoms with E-state index in [1.165, 1.54) is 7.11 Å². The molecule has 0 aromatic carbocycles. The van der Waals surface area contributed by atoms with Gasteiger partial charge in [-0.1, -0.05) is 0 Å². The third-order valence-electron chi connectivity index (χ3n) is 1.52. The maximum atomic E-state index is 10.1. The lowest BCUT2D eigenvalue weighted by molar-refractivity contribution is -0.138. The van der Waals surface area contributed by atoms with Crippen LogP contribution in [0.3, 0.4) is 0 Å².